The minimum atomic E-state index is 0.0649. The monoisotopic (exact) mass is 438 g/mol. The third-order valence-corrected chi connectivity index (χ3v) is 5.06. The summed E-state index contributed by atoms with van der Waals surface area (Å²) in [5.41, 5.74) is 1.60. The Morgan fingerprint density at radius 2 is 2.00 bits per heavy atom. The first-order chi connectivity index (χ1) is 7.61. The maximum absolute atomic E-state index is 11.5. The Hall–Kier alpha value is -0.440. The van der Waals surface area contributed by atoms with Gasteiger partial charge in [-0.3, -0.25) is 9.36 Å². The molecule has 0 aliphatic carbocycles. The maximum atomic E-state index is 11.5. The van der Waals surface area contributed by atoms with Gasteiger partial charge in [0, 0.05) is 5.56 Å². The normalized spacial score (nSPS) is 10.4. The van der Waals surface area contributed by atoms with Crippen LogP contribution in [0.4, 0.5) is 0 Å². The summed E-state index contributed by atoms with van der Waals surface area (Å²) in [6.45, 7) is 1.58. The Balaban J connectivity index is 2.64. The van der Waals surface area contributed by atoms with Crippen molar-refractivity contribution in [2.75, 3.05) is 0 Å². The van der Waals surface area contributed by atoms with Gasteiger partial charge in [0.1, 0.15) is 13.7 Å². The predicted molar refractivity (Wildman–Crippen MR) is 79.0 cm³/mol. The van der Waals surface area contributed by atoms with Gasteiger partial charge in [-0.25, -0.2) is 4.98 Å². The van der Waals surface area contributed by atoms with E-state index in [1.807, 2.05) is 28.8 Å². The number of ketones is 1. The Bertz CT molecular complexity index is 549. The number of halogens is 2. The van der Waals surface area contributed by atoms with Crippen LogP contribution in [0.5, 0.6) is 0 Å². The van der Waals surface area contributed by atoms with Gasteiger partial charge in [0.05, 0.1) is 5.69 Å². The number of aromatic nitrogens is 2. The van der Waals surface area contributed by atoms with Crippen LogP contribution in [0.15, 0.2) is 30.6 Å². The van der Waals surface area contributed by atoms with E-state index in [2.05, 4.69) is 50.2 Å². The predicted octanol–water partition coefficient (Wildman–Crippen LogP) is 3.28. The van der Waals surface area contributed by atoms with E-state index in [9.17, 15) is 4.79 Å². The number of hydrogen-bond donors (Lipinski definition) is 0. The van der Waals surface area contributed by atoms with Gasteiger partial charge in [-0.05, 0) is 64.2 Å². The SMILES string of the molecule is CC(=O)c1ccccc1-n1cnc(I)c1I. The van der Waals surface area contributed by atoms with Crippen molar-refractivity contribution in [3.63, 3.8) is 0 Å². The summed E-state index contributed by atoms with van der Waals surface area (Å²) in [7, 11) is 0. The van der Waals surface area contributed by atoms with Crippen molar-refractivity contribution >= 4 is 51.0 Å². The molecular formula is C11H8I2N2O. The number of para-hydroxylation sites is 1. The molecule has 0 saturated heterocycles. The highest BCUT2D eigenvalue weighted by Crippen LogP contribution is 2.21. The molecule has 0 bridgehead atoms. The summed E-state index contributed by atoms with van der Waals surface area (Å²) in [5, 5.41) is 0. The minimum absolute atomic E-state index is 0.0649. The Kier molecular flexibility index (Phi) is 3.63. The van der Waals surface area contributed by atoms with Gasteiger partial charge < -0.3 is 0 Å². The summed E-state index contributed by atoms with van der Waals surface area (Å²) in [4.78, 5) is 15.7. The molecule has 0 aliphatic rings. The number of carbonyl (C=O) groups excluding carboxylic acids is 1. The van der Waals surface area contributed by atoms with Crippen LogP contribution in [-0.2, 0) is 0 Å². The standard InChI is InChI=1S/C11H8I2N2O/c1-7(16)8-4-2-3-5-9(8)15-6-14-10(12)11(15)13/h2-6H,1H3. The zero-order valence-electron chi connectivity index (χ0n) is 8.45. The molecule has 82 valence electrons. The molecule has 3 nitrogen and oxygen atoms in total. The van der Waals surface area contributed by atoms with E-state index in [0.717, 1.165) is 13.1 Å². The second-order valence-corrected chi connectivity index (χ2v) is 5.31. The molecule has 16 heavy (non-hydrogen) atoms. The Labute approximate surface area is 121 Å². The summed E-state index contributed by atoms with van der Waals surface area (Å²) < 4.78 is 3.89. The first-order valence-electron chi connectivity index (χ1n) is 4.60. The van der Waals surface area contributed by atoms with Crippen LogP contribution in [0.3, 0.4) is 0 Å². The number of hydrogen-bond acceptors (Lipinski definition) is 2. The quantitative estimate of drug-likeness (QED) is 0.533. The third-order valence-electron chi connectivity index (χ3n) is 2.21. The van der Waals surface area contributed by atoms with Gasteiger partial charge in [0.15, 0.2) is 5.78 Å². The van der Waals surface area contributed by atoms with Crippen molar-refractivity contribution in [3.8, 4) is 5.69 Å². The highest BCUT2D eigenvalue weighted by Gasteiger charge is 2.12. The Morgan fingerprint density at radius 3 is 2.56 bits per heavy atom. The smallest absolute Gasteiger partial charge is 0.161 e. The number of benzene rings is 1. The number of rotatable bonds is 2. The van der Waals surface area contributed by atoms with Crippen LogP contribution < -0.4 is 0 Å². The number of nitrogens with zero attached hydrogens (tertiary/aromatic N) is 2. The van der Waals surface area contributed by atoms with Crippen molar-refractivity contribution in [1.82, 2.24) is 9.55 Å². The largest absolute Gasteiger partial charge is 0.294 e. The van der Waals surface area contributed by atoms with Crippen LogP contribution in [0.25, 0.3) is 5.69 Å². The maximum Gasteiger partial charge on any atom is 0.161 e. The topological polar surface area (TPSA) is 34.9 Å². The van der Waals surface area contributed by atoms with E-state index in [1.165, 1.54) is 0 Å². The van der Waals surface area contributed by atoms with E-state index in [0.29, 0.717) is 5.56 Å². The van der Waals surface area contributed by atoms with Gasteiger partial charge in [0.2, 0.25) is 0 Å². The molecule has 0 radical (unpaired) electrons. The lowest BCUT2D eigenvalue weighted by Crippen LogP contribution is -2.03. The second-order valence-electron chi connectivity index (χ2n) is 3.27. The van der Waals surface area contributed by atoms with Gasteiger partial charge in [0.25, 0.3) is 0 Å². The molecule has 2 rings (SSSR count). The highest BCUT2D eigenvalue weighted by atomic mass is 127. The molecule has 0 atom stereocenters. The van der Waals surface area contributed by atoms with Crippen LogP contribution >= 0.6 is 45.2 Å². The molecule has 2 aromatic rings. The zero-order valence-corrected chi connectivity index (χ0v) is 12.8. The summed E-state index contributed by atoms with van der Waals surface area (Å²) in [5.74, 6) is 0.0649. The summed E-state index contributed by atoms with van der Waals surface area (Å²) >= 11 is 4.40. The van der Waals surface area contributed by atoms with Gasteiger partial charge >= 0.3 is 0 Å². The molecule has 0 spiro atoms. The van der Waals surface area contributed by atoms with E-state index in [4.69, 9.17) is 0 Å². The molecule has 0 N–H and O–H groups in total. The molecule has 1 aromatic heterocycles. The van der Waals surface area contributed by atoms with Crippen LogP contribution in [0.2, 0.25) is 0 Å². The molecule has 0 amide bonds. The van der Waals surface area contributed by atoms with Crippen LogP contribution in [0, 0.1) is 7.40 Å². The van der Waals surface area contributed by atoms with Crippen molar-refractivity contribution in [1.29, 1.82) is 0 Å². The molecule has 1 aromatic carbocycles. The van der Waals surface area contributed by atoms with Crippen LogP contribution in [0.1, 0.15) is 17.3 Å². The molecule has 0 fully saturated rings. The molecule has 0 unspecified atom stereocenters. The average molecular weight is 438 g/mol. The lowest BCUT2D eigenvalue weighted by Gasteiger charge is -2.08. The number of imidazole rings is 1. The number of Topliss-reactive ketones (excluding diaryl/α,β-unsaturated/α-hetero) is 1. The summed E-state index contributed by atoms with van der Waals surface area (Å²) in [6.07, 6.45) is 1.74. The lowest BCUT2D eigenvalue weighted by molar-refractivity contribution is 0.101. The summed E-state index contributed by atoms with van der Waals surface area (Å²) in [6, 6.07) is 7.55. The van der Waals surface area contributed by atoms with E-state index in [-0.39, 0.29) is 5.78 Å². The second kappa shape index (κ2) is 4.82. The molecule has 0 aliphatic heterocycles. The first-order valence-corrected chi connectivity index (χ1v) is 6.75. The van der Waals surface area contributed by atoms with Crippen LogP contribution in [-0.4, -0.2) is 15.3 Å². The van der Waals surface area contributed by atoms with Gasteiger partial charge in [-0.2, -0.15) is 0 Å². The molecular weight excluding hydrogens is 430 g/mol. The number of carbonyl (C=O) groups is 1. The fourth-order valence-corrected chi connectivity index (χ4v) is 2.37. The van der Waals surface area contributed by atoms with Crippen molar-refractivity contribution in [2.24, 2.45) is 0 Å². The lowest BCUT2D eigenvalue weighted by atomic mass is 10.1. The molecule has 0 saturated carbocycles. The zero-order chi connectivity index (χ0) is 11.7. The Morgan fingerprint density at radius 1 is 1.31 bits per heavy atom. The van der Waals surface area contributed by atoms with E-state index >= 15 is 0 Å². The minimum Gasteiger partial charge on any atom is -0.294 e. The third kappa shape index (κ3) is 2.15. The van der Waals surface area contributed by atoms with E-state index < -0.39 is 0 Å². The highest BCUT2D eigenvalue weighted by molar-refractivity contribution is 14.1. The van der Waals surface area contributed by atoms with E-state index in [1.54, 1.807) is 13.3 Å². The average Bonchev–Trinajstić information content (AvgIpc) is 2.60. The van der Waals surface area contributed by atoms with Crippen molar-refractivity contribution < 1.29 is 4.79 Å². The van der Waals surface area contributed by atoms with Gasteiger partial charge in [-0.1, -0.05) is 12.1 Å². The fourth-order valence-electron chi connectivity index (χ4n) is 1.46. The van der Waals surface area contributed by atoms with Crippen molar-refractivity contribution in [3.05, 3.63) is 43.6 Å². The fraction of sp³-hybridized carbons (Fsp3) is 0.0909. The molecule has 1 heterocycles. The molecule has 5 heteroatoms. The van der Waals surface area contributed by atoms with Crippen molar-refractivity contribution in [2.45, 2.75) is 6.92 Å². The first kappa shape index (κ1) is 12.0. The van der Waals surface area contributed by atoms with Gasteiger partial charge in [-0.15, -0.1) is 0 Å².